The maximum Gasteiger partial charge on any atom is 0.408 e. The third kappa shape index (κ3) is 11.8. The highest BCUT2D eigenvalue weighted by atomic mass is 16.5. The number of alkyl carbamates (subject to hydrolysis) is 1. The Labute approximate surface area is 286 Å². The molecule has 0 radical (unpaired) electrons. The molecule has 49 heavy (non-hydrogen) atoms. The van der Waals surface area contributed by atoms with Crippen molar-refractivity contribution in [2.24, 2.45) is 11.5 Å². The van der Waals surface area contributed by atoms with Crippen LogP contribution in [0.3, 0.4) is 0 Å². The first-order valence-electron chi connectivity index (χ1n) is 16.8. The normalized spacial score (nSPS) is 12.9. The van der Waals surface area contributed by atoms with Gasteiger partial charge in [-0.25, -0.2) is 9.78 Å². The zero-order valence-electron chi connectivity index (χ0n) is 27.6. The molecular formula is C37H46N6O6. The lowest BCUT2D eigenvalue weighted by atomic mass is 10.0. The highest BCUT2D eigenvalue weighted by molar-refractivity contribution is 6.01. The van der Waals surface area contributed by atoms with Crippen molar-refractivity contribution < 1.29 is 28.3 Å². The van der Waals surface area contributed by atoms with Crippen LogP contribution in [0.25, 0.3) is 11.1 Å². The van der Waals surface area contributed by atoms with Gasteiger partial charge < -0.3 is 36.6 Å². The van der Waals surface area contributed by atoms with E-state index >= 15 is 0 Å². The van der Waals surface area contributed by atoms with Crippen molar-refractivity contribution in [3.63, 3.8) is 0 Å². The molecule has 3 amide bonds. The molecule has 4 rings (SSSR count). The van der Waals surface area contributed by atoms with Crippen molar-refractivity contribution in [1.82, 2.24) is 20.9 Å². The quantitative estimate of drug-likeness (QED) is 0.0678. The number of aromatic nitrogens is 1. The molecule has 12 nitrogen and oxygen atoms in total. The van der Waals surface area contributed by atoms with Crippen LogP contribution in [0.5, 0.6) is 0 Å². The summed E-state index contributed by atoms with van der Waals surface area (Å²) in [5, 5.41) is 8.36. The van der Waals surface area contributed by atoms with Gasteiger partial charge in [0.2, 0.25) is 17.6 Å². The number of carbonyl (C=O) groups is 4. The van der Waals surface area contributed by atoms with Gasteiger partial charge in [0.25, 0.3) is 5.89 Å². The van der Waals surface area contributed by atoms with E-state index in [1.165, 1.54) is 0 Å². The third-order valence-electron chi connectivity index (χ3n) is 8.05. The summed E-state index contributed by atoms with van der Waals surface area (Å²) in [4.78, 5) is 58.4. The van der Waals surface area contributed by atoms with E-state index in [4.69, 9.17) is 20.6 Å². The molecule has 1 aromatic heterocycles. The minimum atomic E-state index is -1.03. The molecule has 1 heterocycles. The molecule has 4 aromatic rings. The second kappa shape index (κ2) is 19.7. The van der Waals surface area contributed by atoms with E-state index in [0.29, 0.717) is 62.7 Å². The highest BCUT2D eigenvalue weighted by Crippen LogP contribution is 2.18. The molecule has 0 aliphatic heterocycles. The van der Waals surface area contributed by atoms with E-state index in [9.17, 15) is 19.2 Å². The number of hydrogen-bond acceptors (Lipinski definition) is 9. The number of nitrogens with two attached hydrogens (primary N) is 2. The summed E-state index contributed by atoms with van der Waals surface area (Å²) >= 11 is 0. The van der Waals surface area contributed by atoms with Crippen LogP contribution < -0.4 is 27.4 Å². The fraction of sp³-hybridized carbons (Fsp3) is 0.378. The van der Waals surface area contributed by atoms with Gasteiger partial charge in [0, 0.05) is 0 Å². The number of ether oxygens (including phenoxy) is 1. The molecule has 0 saturated heterocycles. The van der Waals surface area contributed by atoms with Gasteiger partial charge in [-0.3, -0.25) is 14.4 Å². The maximum absolute atomic E-state index is 13.9. The molecule has 0 fully saturated rings. The molecule has 0 aliphatic rings. The maximum atomic E-state index is 13.9. The lowest BCUT2D eigenvalue weighted by molar-refractivity contribution is -0.130. The Hall–Kier alpha value is -5.07. The van der Waals surface area contributed by atoms with Crippen LogP contribution in [-0.2, 0) is 27.4 Å². The smallest absolute Gasteiger partial charge is 0.408 e. The number of rotatable bonds is 20. The molecule has 260 valence electrons. The molecule has 0 unspecified atom stereocenters. The first-order valence-corrected chi connectivity index (χ1v) is 16.8. The summed E-state index contributed by atoms with van der Waals surface area (Å²) in [5.41, 5.74) is 14.2. The van der Waals surface area contributed by atoms with Crippen LogP contribution in [0.4, 0.5) is 4.79 Å². The molecule has 0 bridgehead atoms. The Morgan fingerprint density at radius 1 is 0.653 bits per heavy atom. The van der Waals surface area contributed by atoms with Crippen LogP contribution in [0.15, 0.2) is 89.3 Å². The van der Waals surface area contributed by atoms with Gasteiger partial charge in [-0.2, -0.15) is 0 Å². The monoisotopic (exact) mass is 670 g/mol. The summed E-state index contributed by atoms with van der Waals surface area (Å²) in [5.74, 6) is -1.68. The average molecular weight is 671 g/mol. The summed E-state index contributed by atoms with van der Waals surface area (Å²) in [7, 11) is 0. The predicted octanol–water partition coefficient (Wildman–Crippen LogP) is 4.17. The number of benzene rings is 3. The largest absolute Gasteiger partial charge is 0.445 e. The Morgan fingerprint density at radius 2 is 1.20 bits per heavy atom. The van der Waals surface area contributed by atoms with E-state index in [2.05, 4.69) is 20.9 Å². The number of fused-ring (bicyclic) bond motifs is 1. The van der Waals surface area contributed by atoms with Gasteiger partial charge in [-0.1, -0.05) is 72.8 Å². The van der Waals surface area contributed by atoms with Crippen molar-refractivity contribution in [2.75, 3.05) is 13.1 Å². The molecule has 7 N–H and O–H groups in total. The molecule has 0 spiro atoms. The van der Waals surface area contributed by atoms with Crippen LogP contribution in [0.1, 0.15) is 66.8 Å². The molecule has 0 saturated carbocycles. The average Bonchev–Trinajstić information content (AvgIpc) is 3.57. The Bertz CT molecular complexity index is 1600. The summed E-state index contributed by atoms with van der Waals surface area (Å²) in [6.07, 6.45) is 2.98. The van der Waals surface area contributed by atoms with Crippen molar-refractivity contribution in [3.05, 3.63) is 102 Å². The van der Waals surface area contributed by atoms with Crippen LogP contribution in [-0.4, -0.2) is 59.9 Å². The van der Waals surface area contributed by atoms with Crippen LogP contribution >= 0.6 is 0 Å². The Balaban J connectivity index is 1.50. The first kappa shape index (κ1) is 36.8. The number of oxazole rings is 1. The predicted molar refractivity (Wildman–Crippen MR) is 186 cm³/mol. The standard InChI is InChI=1S/C37H46N6O6/c38-23-11-9-18-29(33(44)36-42-28-17-7-8-20-32(28)49-36)40-35(46)31(22-21-26-13-3-1-4-14-26)41-34(45)30(19-10-12-24-39)43-37(47)48-25-27-15-5-2-6-16-27/h1-8,13-17,20,29-31H,9-12,18-19,21-25,38-39H2,(H,40,46)(H,41,45)(H,43,47)/t29-,30-,31-/m0/s1. The van der Waals surface area contributed by atoms with E-state index in [-0.39, 0.29) is 25.3 Å². The van der Waals surface area contributed by atoms with Gasteiger partial charge >= 0.3 is 6.09 Å². The molecule has 3 aromatic carbocycles. The lowest BCUT2D eigenvalue weighted by Gasteiger charge is -2.25. The van der Waals surface area contributed by atoms with E-state index in [1.807, 2.05) is 60.7 Å². The number of hydrogen-bond donors (Lipinski definition) is 5. The number of Topliss-reactive ketones (excluding diaryl/α,β-unsaturated/α-hetero) is 1. The van der Waals surface area contributed by atoms with Gasteiger partial charge in [-0.15, -0.1) is 0 Å². The Morgan fingerprint density at radius 3 is 1.84 bits per heavy atom. The first-order chi connectivity index (χ1) is 23.9. The molecule has 0 aliphatic carbocycles. The van der Waals surface area contributed by atoms with Crippen LogP contribution in [0.2, 0.25) is 0 Å². The van der Waals surface area contributed by atoms with Gasteiger partial charge in [0.15, 0.2) is 5.58 Å². The number of ketones is 1. The highest BCUT2D eigenvalue weighted by Gasteiger charge is 2.31. The third-order valence-corrected chi connectivity index (χ3v) is 8.05. The number of amides is 3. The van der Waals surface area contributed by atoms with Crippen molar-refractivity contribution >= 4 is 34.8 Å². The zero-order chi connectivity index (χ0) is 34.8. The number of unbranched alkanes of at least 4 members (excludes halogenated alkanes) is 2. The van der Waals surface area contributed by atoms with Crippen LogP contribution in [0, 0.1) is 0 Å². The SMILES string of the molecule is NCCCC[C@H](NC(=O)OCc1ccccc1)C(=O)N[C@@H](CCc1ccccc1)C(=O)N[C@@H](CCCCN)C(=O)c1nc2ccccc2o1. The van der Waals surface area contributed by atoms with Gasteiger partial charge in [0.05, 0.1) is 6.04 Å². The minimum Gasteiger partial charge on any atom is -0.445 e. The topological polar surface area (TPSA) is 192 Å². The van der Waals surface area contributed by atoms with E-state index < -0.39 is 41.8 Å². The fourth-order valence-electron chi connectivity index (χ4n) is 5.33. The van der Waals surface area contributed by atoms with E-state index in [0.717, 1.165) is 11.1 Å². The number of aryl methyl sites for hydroxylation is 1. The number of nitrogens with one attached hydrogen (secondary N) is 3. The molecule has 3 atom stereocenters. The number of nitrogens with zero attached hydrogens (tertiary/aromatic N) is 1. The van der Waals surface area contributed by atoms with Gasteiger partial charge in [-0.05, 0) is 87.7 Å². The van der Waals surface area contributed by atoms with E-state index in [1.54, 1.807) is 24.3 Å². The summed E-state index contributed by atoms with van der Waals surface area (Å²) in [6, 6.07) is 22.8. The summed E-state index contributed by atoms with van der Waals surface area (Å²) < 4.78 is 11.1. The second-order valence-corrected chi connectivity index (χ2v) is 11.8. The minimum absolute atomic E-state index is 0.0333. The number of carbonyl (C=O) groups excluding carboxylic acids is 4. The molecular weight excluding hydrogens is 624 g/mol. The zero-order valence-corrected chi connectivity index (χ0v) is 27.6. The van der Waals surface area contributed by atoms with Crippen molar-refractivity contribution in [2.45, 2.75) is 76.1 Å². The lowest BCUT2D eigenvalue weighted by Crippen LogP contribution is -2.56. The summed E-state index contributed by atoms with van der Waals surface area (Å²) in [6.45, 7) is 0.889. The molecule has 12 heteroatoms. The second-order valence-electron chi connectivity index (χ2n) is 11.8. The van der Waals surface area contributed by atoms with Crippen molar-refractivity contribution in [1.29, 1.82) is 0 Å². The van der Waals surface area contributed by atoms with Crippen molar-refractivity contribution in [3.8, 4) is 0 Å². The van der Waals surface area contributed by atoms with Gasteiger partial charge in [0.1, 0.15) is 24.2 Å². The number of para-hydroxylation sites is 2. The Kier molecular flexibility index (Phi) is 14.8. The fourth-order valence-corrected chi connectivity index (χ4v) is 5.33.